The lowest BCUT2D eigenvalue weighted by Gasteiger charge is -2.34. The number of aryl methyl sites for hydroxylation is 1. The molecule has 2 heterocycles. The Balaban J connectivity index is 1.51. The molecule has 1 atom stereocenters. The first-order chi connectivity index (χ1) is 16.9. The van der Waals surface area contributed by atoms with Crippen molar-refractivity contribution >= 4 is 33.2 Å². The number of carbonyl (C=O) groups is 1. The van der Waals surface area contributed by atoms with Crippen LogP contribution in [-0.2, 0) is 26.6 Å². The summed E-state index contributed by atoms with van der Waals surface area (Å²) in [7, 11) is -3.80. The lowest BCUT2D eigenvalue weighted by Crippen LogP contribution is -2.42. The number of sulfonamides is 1. The summed E-state index contributed by atoms with van der Waals surface area (Å²) >= 11 is 6.26. The summed E-state index contributed by atoms with van der Waals surface area (Å²) in [5, 5.41) is 0.739. The highest BCUT2D eigenvalue weighted by molar-refractivity contribution is 7.90. The van der Waals surface area contributed by atoms with Crippen LogP contribution in [0.3, 0.4) is 0 Å². The summed E-state index contributed by atoms with van der Waals surface area (Å²) < 4.78 is 38.7. The fourth-order valence-electron chi connectivity index (χ4n) is 5.19. The normalized spacial score (nSPS) is 25.3. The van der Waals surface area contributed by atoms with Gasteiger partial charge in [-0.05, 0) is 67.1 Å². The molecule has 1 amide bonds. The molecule has 35 heavy (non-hydrogen) atoms. The molecule has 0 aromatic heterocycles. The molecule has 3 aliphatic rings. The number of amides is 1. The second-order valence-electron chi connectivity index (χ2n) is 9.39. The summed E-state index contributed by atoms with van der Waals surface area (Å²) in [6.07, 6.45) is 7.61. The number of anilines is 1. The van der Waals surface area contributed by atoms with Crippen molar-refractivity contribution in [1.82, 2.24) is 4.72 Å². The minimum atomic E-state index is -3.80. The van der Waals surface area contributed by atoms with Gasteiger partial charge in [0.05, 0.1) is 31.3 Å². The average Bonchev–Trinajstić information content (AvgIpc) is 3.08. The lowest BCUT2D eigenvalue weighted by molar-refractivity contribution is 0.0981. The molecule has 2 bridgehead atoms. The predicted molar refractivity (Wildman–Crippen MR) is 136 cm³/mol. The van der Waals surface area contributed by atoms with Crippen molar-refractivity contribution in [3.05, 3.63) is 70.3 Å². The molecule has 2 aliphatic heterocycles. The molecule has 0 saturated heterocycles. The van der Waals surface area contributed by atoms with Crippen molar-refractivity contribution in [2.45, 2.75) is 31.1 Å². The maximum atomic E-state index is 12.8. The fourth-order valence-corrected chi connectivity index (χ4v) is 6.22. The van der Waals surface area contributed by atoms with Crippen LogP contribution in [0.2, 0.25) is 5.02 Å². The highest BCUT2D eigenvalue weighted by Crippen LogP contribution is 2.45. The summed E-state index contributed by atoms with van der Waals surface area (Å²) in [4.78, 5) is 15.1. The van der Waals surface area contributed by atoms with Crippen LogP contribution in [0, 0.1) is 0 Å². The smallest absolute Gasteiger partial charge is 0.264 e. The van der Waals surface area contributed by atoms with Gasteiger partial charge in [0.25, 0.3) is 5.91 Å². The first-order valence-corrected chi connectivity index (χ1v) is 14.0. The van der Waals surface area contributed by atoms with E-state index in [9.17, 15) is 13.2 Å². The molecule has 5 rings (SSSR count). The van der Waals surface area contributed by atoms with Gasteiger partial charge in [-0.2, -0.15) is 0 Å². The van der Waals surface area contributed by atoms with E-state index in [1.807, 2.05) is 12.1 Å². The van der Waals surface area contributed by atoms with Crippen molar-refractivity contribution in [2.75, 3.05) is 43.6 Å². The van der Waals surface area contributed by atoms with Crippen LogP contribution in [0.5, 0.6) is 5.75 Å². The molecule has 7 nitrogen and oxygen atoms in total. The predicted octanol–water partition coefficient (Wildman–Crippen LogP) is 3.85. The van der Waals surface area contributed by atoms with E-state index in [0.29, 0.717) is 25.4 Å². The van der Waals surface area contributed by atoms with E-state index in [-0.39, 0.29) is 23.3 Å². The summed E-state index contributed by atoms with van der Waals surface area (Å²) in [5.41, 5.74) is 3.41. The highest BCUT2D eigenvalue weighted by Gasteiger charge is 2.43. The van der Waals surface area contributed by atoms with Gasteiger partial charge in [-0.15, -0.1) is 0 Å². The Morgan fingerprint density at radius 3 is 2.80 bits per heavy atom. The molecular weight excluding hydrogens is 488 g/mol. The first-order valence-electron chi connectivity index (χ1n) is 11.9. The summed E-state index contributed by atoms with van der Waals surface area (Å²) in [5.74, 6) is -0.226. The van der Waals surface area contributed by atoms with Crippen LogP contribution in [0.15, 0.2) is 48.6 Å². The number of fused-ring (bicyclic) bond motifs is 3. The Morgan fingerprint density at radius 1 is 1.06 bits per heavy atom. The number of benzene rings is 2. The van der Waals surface area contributed by atoms with Crippen LogP contribution < -0.4 is 14.4 Å². The van der Waals surface area contributed by atoms with Crippen LogP contribution in [0.4, 0.5) is 5.69 Å². The standard InChI is InChI=1S/C26H29ClN2O5S/c27-21-6-7-22-19(15-21)9-10-26(22)17-29-11-3-1-2-4-12-33-13-14-35(31,32)28-25(30)20-5-8-24(34-18-26)23(29)16-20/h1-2,5-8,15-16H,3-4,9-14,17-18H2,(H,28,30)/b2-1-/t26-/m0/s1. The molecule has 186 valence electrons. The zero-order valence-corrected chi connectivity index (χ0v) is 21.0. The van der Waals surface area contributed by atoms with E-state index in [1.54, 1.807) is 18.2 Å². The van der Waals surface area contributed by atoms with Crippen LogP contribution in [0.1, 0.15) is 40.7 Å². The quantitative estimate of drug-likeness (QED) is 0.535. The van der Waals surface area contributed by atoms with Gasteiger partial charge < -0.3 is 14.4 Å². The van der Waals surface area contributed by atoms with Gasteiger partial charge in [-0.25, -0.2) is 13.1 Å². The van der Waals surface area contributed by atoms with E-state index in [0.717, 1.165) is 43.1 Å². The number of carbonyl (C=O) groups excluding carboxylic acids is 1. The molecule has 1 aliphatic carbocycles. The van der Waals surface area contributed by atoms with E-state index in [2.05, 4.69) is 27.8 Å². The molecule has 1 spiro atoms. The average molecular weight is 517 g/mol. The molecule has 2 aromatic rings. The Hall–Kier alpha value is -2.55. The summed E-state index contributed by atoms with van der Waals surface area (Å²) in [6, 6.07) is 11.2. The molecule has 0 unspecified atom stereocenters. The van der Waals surface area contributed by atoms with Crippen LogP contribution in [-0.4, -0.2) is 53.0 Å². The number of nitrogens with zero attached hydrogens (tertiary/aromatic N) is 1. The second kappa shape index (κ2) is 9.84. The molecular formula is C26H29ClN2O5S. The molecule has 2 aromatic carbocycles. The molecule has 0 saturated carbocycles. The Kier molecular flexibility index (Phi) is 6.79. The van der Waals surface area contributed by atoms with E-state index in [1.165, 1.54) is 11.1 Å². The van der Waals surface area contributed by atoms with Crippen LogP contribution in [0.25, 0.3) is 0 Å². The van der Waals surface area contributed by atoms with Crippen molar-refractivity contribution in [1.29, 1.82) is 0 Å². The van der Waals surface area contributed by atoms with Crippen molar-refractivity contribution in [3.63, 3.8) is 0 Å². The van der Waals surface area contributed by atoms with Crippen molar-refractivity contribution in [2.24, 2.45) is 0 Å². The van der Waals surface area contributed by atoms with Gasteiger partial charge >= 0.3 is 0 Å². The number of ether oxygens (including phenoxy) is 2. The molecule has 0 fully saturated rings. The van der Waals surface area contributed by atoms with Gasteiger partial charge in [0, 0.05) is 29.1 Å². The summed E-state index contributed by atoms with van der Waals surface area (Å²) in [6.45, 7) is 2.47. The molecule has 0 radical (unpaired) electrons. The Bertz CT molecular complexity index is 1260. The van der Waals surface area contributed by atoms with E-state index < -0.39 is 15.9 Å². The van der Waals surface area contributed by atoms with Gasteiger partial charge in [-0.1, -0.05) is 29.8 Å². The topological polar surface area (TPSA) is 84.9 Å². The van der Waals surface area contributed by atoms with E-state index >= 15 is 0 Å². The van der Waals surface area contributed by atoms with Gasteiger partial charge in [0.1, 0.15) is 5.75 Å². The fraction of sp³-hybridized carbons (Fsp3) is 0.423. The van der Waals surface area contributed by atoms with Gasteiger partial charge in [-0.3, -0.25) is 4.79 Å². The van der Waals surface area contributed by atoms with Crippen LogP contribution >= 0.6 is 11.6 Å². The second-order valence-corrected chi connectivity index (χ2v) is 11.7. The number of hydrogen-bond acceptors (Lipinski definition) is 6. The highest BCUT2D eigenvalue weighted by atomic mass is 35.5. The molecule has 1 N–H and O–H groups in total. The molecule has 9 heteroatoms. The first kappa shape index (κ1) is 24.2. The minimum absolute atomic E-state index is 0.0387. The third kappa shape index (κ3) is 5.20. The Morgan fingerprint density at radius 2 is 1.91 bits per heavy atom. The monoisotopic (exact) mass is 516 g/mol. The third-order valence-electron chi connectivity index (χ3n) is 6.98. The zero-order valence-electron chi connectivity index (χ0n) is 19.5. The third-order valence-corrected chi connectivity index (χ3v) is 8.41. The Labute approximate surface area is 211 Å². The number of nitrogens with one attached hydrogen (secondary N) is 1. The number of rotatable bonds is 0. The SMILES string of the molecule is O=C1NS(=O)(=O)CCOCC/C=C\CCN2C[C@@]3(CCc4cc(Cl)ccc43)COc3ccc1cc32. The van der Waals surface area contributed by atoms with E-state index in [4.69, 9.17) is 21.1 Å². The van der Waals surface area contributed by atoms with Gasteiger partial charge in [0.15, 0.2) is 0 Å². The zero-order chi connectivity index (χ0) is 24.5. The maximum absolute atomic E-state index is 12.8. The number of halogens is 1. The van der Waals surface area contributed by atoms with Crippen molar-refractivity contribution < 1.29 is 22.7 Å². The largest absolute Gasteiger partial charge is 0.490 e. The number of hydrogen-bond donors (Lipinski definition) is 1. The van der Waals surface area contributed by atoms with Gasteiger partial charge in [0.2, 0.25) is 10.0 Å². The maximum Gasteiger partial charge on any atom is 0.264 e. The minimum Gasteiger partial charge on any atom is -0.490 e. The van der Waals surface area contributed by atoms with Crippen molar-refractivity contribution in [3.8, 4) is 5.75 Å². The lowest BCUT2D eigenvalue weighted by atomic mass is 9.82.